The van der Waals surface area contributed by atoms with Gasteiger partial charge in [-0.2, -0.15) is 0 Å². The van der Waals surface area contributed by atoms with Gasteiger partial charge >= 0.3 is 5.97 Å². The highest BCUT2D eigenvalue weighted by atomic mass is 16.4. The molecule has 1 heterocycles. The molecule has 25 heavy (non-hydrogen) atoms. The Labute approximate surface area is 145 Å². The predicted octanol–water partition coefficient (Wildman–Crippen LogP) is 0.698. The number of amides is 3. The lowest BCUT2D eigenvalue weighted by Gasteiger charge is -2.30. The van der Waals surface area contributed by atoms with Crippen LogP contribution in [-0.2, 0) is 14.4 Å². The van der Waals surface area contributed by atoms with E-state index in [1.54, 1.807) is 17.0 Å². The van der Waals surface area contributed by atoms with E-state index in [-0.39, 0.29) is 17.7 Å². The number of hydrogen-bond donors (Lipinski definition) is 3. The molecule has 8 heteroatoms. The lowest BCUT2D eigenvalue weighted by atomic mass is 9.96. The summed E-state index contributed by atoms with van der Waals surface area (Å²) in [6.07, 6.45) is 1.25. The zero-order chi connectivity index (χ0) is 18.4. The van der Waals surface area contributed by atoms with Crippen LogP contribution in [0.3, 0.4) is 0 Å². The average molecular weight is 347 g/mol. The number of nitrogens with one attached hydrogen (secondary N) is 2. The number of nitrogens with zero attached hydrogens (tertiary/aromatic N) is 1. The minimum absolute atomic E-state index is 0.0237. The standard InChI is InChI=1S/C17H21N3O5/c1-11(21)20-8-6-13(7-9-20)17(25)19-14-4-2-12(3-5-14)16(24)18-10-15(22)23/h2-5,13H,6-10H2,1H3,(H,18,24)(H,19,25)(H,22,23). The first-order chi connectivity index (χ1) is 11.9. The van der Waals surface area contributed by atoms with Gasteiger partial charge in [0.15, 0.2) is 0 Å². The molecule has 2 rings (SSSR count). The summed E-state index contributed by atoms with van der Waals surface area (Å²) >= 11 is 0. The molecule has 1 fully saturated rings. The highest BCUT2D eigenvalue weighted by Crippen LogP contribution is 2.20. The van der Waals surface area contributed by atoms with Gasteiger partial charge in [-0.3, -0.25) is 19.2 Å². The molecule has 0 radical (unpaired) electrons. The van der Waals surface area contributed by atoms with Gasteiger partial charge in [0.05, 0.1) is 0 Å². The predicted molar refractivity (Wildman–Crippen MR) is 90.0 cm³/mol. The molecule has 0 unspecified atom stereocenters. The monoisotopic (exact) mass is 347 g/mol. The third-order valence-corrected chi connectivity index (χ3v) is 4.13. The molecule has 1 aliphatic rings. The van der Waals surface area contributed by atoms with Crippen molar-refractivity contribution in [2.75, 3.05) is 25.0 Å². The number of likely N-dealkylation sites (tertiary alicyclic amines) is 1. The van der Waals surface area contributed by atoms with Crippen molar-refractivity contribution in [2.24, 2.45) is 5.92 Å². The van der Waals surface area contributed by atoms with E-state index in [4.69, 9.17) is 5.11 Å². The van der Waals surface area contributed by atoms with E-state index in [0.717, 1.165) is 0 Å². The van der Waals surface area contributed by atoms with Crippen LogP contribution >= 0.6 is 0 Å². The first-order valence-corrected chi connectivity index (χ1v) is 8.03. The number of rotatable bonds is 5. The quantitative estimate of drug-likeness (QED) is 0.725. The fourth-order valence-corrected chi connectivity index (χ4v) is 2.66. The van der Waals surface area contributed by atoms with Gasteiger partial charge in [0.1, 0.15) is 6.54 Å². The van der Waals surface area contributed by atoms with Gasteiger partial charge in [-0.1, -0.05) is 0 Å². The number of carboxylic acid groups (broad SMARTS) is 1. The van der Waals surface area contributed by atoms with Crippen LogP contribution in [0.25, 0.3) is 0 Å². The van der Waals surface area contributed by atoms with Gasteiger partial charge < -0.3 is 20.6 Å². The van der Waals surface area contributed by atoms with Crippen molar-refractivity contribution in [1.29, 1.82) is 0 Å². The maximum absolute atomic E-state index is 12.3. The molecule has 1 aliphatic heterocycles. The van der Waals surface area contributed by atoms with Crippen molar-refractivity contribution >= 4 is 29.4 Å². The van der Waals surface area contributed by atoms with E-state index in [2.05, 4.69) is 10.6 Å². The van der Waals surface area contributed by atoms with Crippen molar-refractivity contribution in [3.05, 3.63) is 29.8 Å². The van der Waals surface area contributed by atoms with Gasteiger partial charge in [-0.25, -0.2) is 0 Å². The molecule has 0 bridgehead atoms. The molecule has 1 aromatic carbocycles. The van der Waals surface area contributed by atoms with Crippen LogP contribution in [0.5, 0.6) is 0 Å². The highest BCUT2D eigenvalue weighted by molar-refractivity contribution is 5.97. The lowest BCUT2D eigenvalue weighted by molar-refractivity contribution is -0.135. The van der Waals surface area contributed by atoms with Crippen LogP contribution in [0.4, 0.5) is 5.69 Å². The van der Waals surface area contributed by atoms with Crippen molar-refractivity contribution in [2.45, 2.75) is 19.8 Å². The summed E-state index contributed by atoms with van der Waals surface area (Å²) in [5.74, 6) is -1.83. The maximum atomic E-state index is 12.3. The number of hydrogen-bond acceptors (Lipinski definition) is 4. The summed E-state index contributed by atoms with van der Waals surface area (Å²) < 4.78 is 0. The summed E-state index contributed by atoms with van der Waals surface area (Å²) in [7, 11) is 0. The third-order valence-electron chi connectivity index (χ3n) is 4.13. The first-order valence-electron chi connectivity index (χ1n) is 8.03. The molecule has 0 spiro atoms. The number of carbonyl (C=O) groups excluding carboxylic acids is 3. The van der Waals surface area contributed by atoms with Gasteiger partial charge in [0.2, 0.25) is 11.8 Å². The molecule has 0 aliphatic carbocycles. The van der Waals surface area contributed by atoms with Crippen LogP contribution in [0.2, 0.25) is 0 Å². The van der Waals surface area contributed by atoms with Gasteiger partial charge in [-0.15, -0.1) is 0 Å². The molecule has 134 valence electrons. The average Bonchev–Trinajstić information content (AvgIpc) is 2.60. The summed E-state index contributed by atoms with van der Waals surface area (Å²) in [5, 5.41) is 13.6. The largest absolute Gasteiger partial charge is 0.480 e. The number of aliphatic carboxylic acids is 1. The topological polar surface area (TPSA) is 116 Å². The first kappa shape index (κ1) is 18.4. The number of anilines is 1. The van der Waals surface area contributed by atoms with Gasteiger partial charge in [0.25, 0.3) is 5.91 Å². The Morgan fingerprint density at radius 1 is 1.12 bits per heavy atom. The molecule has 3 amide bonds. The normalized spacial score (nSPS) is 14.7. The Morgan fingerprint density at radius 2 is 1.72 bits per heavy atom. The zero-order valence-corrected chi connectivity index (χ0v) is 13.9. The minimum atomic E-state index is -1.12. The fraction of sp³-hybridized carbons (Fsp3) is 0.412. The summed E-state index contributed by atoms with van der Waals surface area (Å²) in [4.78, 5) is 47.5. The third kappa shape index (κ3) is 5.30. The Morgan fingerprint density at radius 3 is 2.24 bits per heavy atom. The molecular weight excluding hydrogens is 326 g/mol. The minimum Gasteiger partial charge on any atom is -0.480 e. The maximum Gasteiger partial charge on any atom is 0.322 e. The van der Waals surface area contributed by atoms with Crippen LogP contribution in [0, 0.1) is 5.92 Å². The Balaban J connectivity index is 1.86. The van der Waals surface area contributed by atoms with Gasteiger partial charge in [0, 0.05) is 37.2 Å². The molecule has 8 nitrogen and oxygen atoms in total. The molecular formula is C17H21N3O5. The van der Waals surface area contributed by atoms with E-state index < -0.39 is 18.4 Å². The van der Waals surface area contributed by atoms with Crippen LogP contribution in [0.15, 0.2) is 24.3 Å². The highest BCUT2D eigenvalue weighted by Gasteiger charge is 2.26. The summed E-state index contributed by atoms with van der Waals surface area (Å²) in [6, 6.07) is 6.23. The van der Waals surface area contributed by atoms with Crippen LogP contribution < -0.4 is 10.6 Å². The Bertz CT molecular complexity index is 663. The molecule has 1 saturated heterocycles. The summed E-state index contributed by atoms with van der Waals surface area (Å²) in [5.41, 5.74) is 0.878. The number of carbonyl (C=O) groups is 4. The van der Waals surface area contributed by atoms with Crippen molar-refractivity contribution in [3.63, 3.8) is 0 Å². The second-order valence-corrected chi connectivity index (χ2v) is 5.92. The molecule has 0 aromatic heterocycles. The molecule has 0 saturated carbocycles. The SMILES string of the molecule is CC(=O)N1CCC(C(=O)Nc2ccc(C(=O)NCC(=O)O)cc2)CC1. The summed E-state index contributed by atoms with van der Waals surface area (Å²) in [6.45, 7) is 2.23. The molecule has 0 atom stereocenters. The lowest BCUT2D eigenvalue weighted by Crippen LogP contribution is -2.40. The van der Waals surface area contributed by atoms with E-state index in [0.29, 0.717) is 37.2 Å². The van der Waals surface area contributed by atoms with Crippen LogP contribution in [-0.4, -0.2) is 53.3 Å². The van der Waals surface area contributed by atoms with Crippen molar-refractivity contribution in [3.8, 4) is 0 Å². The van der Waals surface area contributed by atoms with Crippen molar-refractivity contribution < 1.29 is 24.3 Å². The molecule has 3 N–H and O–H groups in total. The van der Waals surface area contributed by atoms with Crippen LogP contribution in [0.1, 0.15) is 30.1 Å². The Hall–Kier alpha value is -2.90. The van der Waals surface area contributed by atoms with E-state index in [1.807, 2.05) is 0 Å². The second-order valence-electron chi connectivity index (χ2n) is 5.92. The number of benzene rings is 1. The van der Waals surface area contributed by atoms with E-state index in [9.17, 15) is 19.2 Å². The number of carboxylic acids is 1. The fourth-order valence-electron chi connectivity index (χ4n) is 2.66. The van der Waals surface area contributed by atoms with E-state index >= 15 is 0 Å². The Kier molecular flexibility index (Phi) is 6.10. The van der Waals surface area contributed by atoms with Gasteiger partial charge in [-0.05, 0) is 37.1 Å². The number of piperidine rings is 1. The second kappa shape index (κ2) is 8.27. The van der Waals surface area contributed by atoms with E-state index in [1.165, 1.54) is 19.1 Å². The zero-order valence-electron chi connectivity index (χ0n) is 13.9. The molecule has 1 aromatic rings. The smallest absolute Gasteiger partial charge is 0.322 e. The van der Waals surface area contributed by atoms with Crippen molar-refractivity contribution in [1.82, 2.24) is 10.2 Å².